The molecule has 0 unspecified atom stereocenters. The maximum absolute atomic E-state index is 13.3. The number of benzene rings is 3. The molecule has 0 radical (unpaired) electrons. The Bertz CT molecular complexity index is 1390. The zero-order chi connectivity index (χ0) is 22.7. The Labute approximate surface area is 192 Å². The van der Waals surface area contributed by atoms with Crippen LogP contribution >= 0.6 is 11.6 Å². The van der Waals surface area contributed by atoms with Crippen molar-refractivity contribution in [1.82, 2.24) is 9.88 Å². The molecule has 1 amide bonds. The zero-order valence-electron chi connectivity index (χ0n) is 17.6. The first-order valence-corrected chi connectivity index (χ1v) is 12.2. The smallest absolute Gasteiger partial charge is 0.240 e. The number of hydrogen-bond donors (Lipinski definition) is 1. The highest BCUT2D eigenvalue weighted by atomic mass is 35.5. The number of carbonyl (C=O) groups is 1. The summed E-state index contributed by atoms with van der Waals surface area (Å²) in [6, 6.07) is 22.0. The lowest BCUT2D eigenvalue weighted by Crippen LogP contribution is -2.27. The average Bonchev–Trinajstić information content (AvgIpc) is 3.14. The number of aryl methyl sites for hydroxylation is 1. The molecule has 0 aliphatic carbocycles. The van der Waals surface area contributed by atoms with E-state index in [2.05, 4.69) is 5.32 Å². The number of hydrogen-bond acceptors (Lipinski definition) is 3. The molecule has 1 aromatic heterocycles. The molecule has 0 aliphatic rings. The summed E-state index contributed by atoms with van der Waals surface area (Å²) in [5, 5.41) is 4.05. The lowest BCUT2D eigenvalue weighted by atomic mass is 10.1. The van der Waals surface area contributed by atoms with Crippen LogP contribution in [0, 0.1) is 6.92 Å². The van der Waals surface area contributed by atoms with Gasteiger partial charge in [-0.05, 0) is 35.7 Å². The Morgan fingerprint density at radius 1 is 0.938 bits per heavy atom. The molecule has 0 spiro atoms. The SMILES string of the molecule is Cc1ccccc1CS(=O)(=O)c1cn(CC(=O)NCc2ccccc2Cl)c2ccccc12. The monoisotopic (exact) mass is 466 g/mol. The number of para-hydroxylation sites is 1. The van der Waals surface area contributed by atoms with Gasteiger partial charge >= 0.3 is 0 Å². The number of nitrogens with one attached hydrogen (secondary N) is 1. The van der Waals surface area contributed by atoms with Gasteiger partial charge in [-0.3, -0.25) is 4.79 Å². The van der Waals surface area contributed by atoms with Gasteiger partial charge in [0.1, 0.15) is 6.54 Å². The van der Waals surface area contributed by atoms with Crippen LogP contribution in [0.5, 0.6) is 0 Å². The standard InChI is InChI=1S/C25H23ClN2O3S/c1-18-8-2-3-10-20(18)17-32(30,31)24-15-28(23-13-7-5-11-21(23)24)16-25(29)27-14-19-9-4-6-12-22(19)26/h2-13,15H,14,16-17H2,1H3,(H,27,29). The highest BCUT2D eigenvalue weighted by Gasteiger charge is 2.23. The molecule has 0 saturated heterocycles. The Kier molecular flexibility index (Phi) is 6.35. The number of sulfone groups is 1. The Hall–Kier alpha value is -3.09. The van der Waals surface area contributed by atoms with Crippen LogP contribution in [0.2, 0.25) is 5.02 Å². The summed E-state index contributed by atoms with van der Waals surface area (Å²) in [6.45, 7) is 2.21. The normalized spacial score (nSPS) is 11.6. The third-order valence-electron chi connectivity index (χ3n) is 5.44. The molecule has 4 aromatic rings. The predicted molar refractivity (Wildman–Crippen MR) is 127 cm³/mol. The number of fused-ring (bicyclic) bond motifs is 1. The van der Waals surface area contributed by atoms with Crippen molar-refractivity contribution in [3.05, 3.63) is 101 Å². The number of carbonyl (C=O) groups excluding carboxylic acids is 1. The highest BCUT2D eigenvalue weighted by Crippen LogP contribution is 2.28. The summed E-state index contributed by atoms with van der Waals surface area (Å²) in [7, 11) is -3.61. The van der Waals surface area contributed by atoms with E-state index >= 15 is 0 Å². The van der Waals surface area contributed by atoms with E-state index in [0.717, 1.165) is 16.7 Å². The summed E-state index contributed by atoms with van der Waals surface area (Å²) in [4.78, 5) is 12.8. The van der Waals surface area contributed by atoms with Gasteiger partial charge in [0.05, 0.1) is 10.6 Å². The van der Waals surface area contributed by atoms with Crippen molar-refractivity contribution in [2.45, 2.75) is 30.7 Å². The minimum Gasteiger partial charge on any atom is -0.350 e. The van der Waals surface area contributed by atoms with Gasteiger partial charge in [0.25, 0.3) is 0 Å². The number of halogens is 1. The molecule has 0 fully saturated rings. The van der Waals surface area contributed by atoms with Crippen molar-refractivity contribution < 1.29 is 13.2 Å². The fraction of sp³-hybridized carbons (Fsp3) is 0.160. The molecule has 0 saturated carbocycles. The van der Waals surface area contributed by atoms with Crippen LogP contribution in [0.15, 0.2) is 83.9 Å². The summed E-state index contributed by atoms with van der Waals surface area (Å²) >= 11 is 6.15. The van der Waals surface area contributed by atoms with E-state index in [1.807, 2.05) is 61.5 Å². The van der Waals surface area contributed by atoms with Crippen LogP contribution in [-0.2, 0) is 33.5 Å². The van der Waals surface area contributed by atoms with Crippen LogP contribution in [0.25, 0.3) is 10.9 Å². The molecular formula is C25H23ClN2O3S. The third kappa shape index (κ3) is 4.71. The third-order valence-corrected chi connectivity index (χ3v) is 7.50. The van der Waals surface area contributed by atoms with Crippen LogP contribution < -0.4 is 5.32 Å². The first-order valence-electron chi connectivity index (χ1n) is 10.2. The van der Waals surface area contributed by atoms with Gasteiger partial charge in [0.15, 0.2) is 9.84 Å². The van der Waals surface area contributed by atoms with E-state index in [4.69, 9.17) is 11.6 Å². The van der Waals surface area contributed by atoms with Crippen LogP contribution in [0.1, 0.15) is 16.7 Å². The molecule has 32 heavy (non-hydrogen) atoms. The molecule has 3 aromatic carbocycles. The number of amides is 1. The fourth-order valence-corrected chi connectivity index (χ4v) is 5.58. The molecule has 4 rings (SSSR count). The van der Waals surface area contributed by atoms with Crippen molar-refractivity contribution in [2.75, 3.05) is 0 Å². The van der Waals surface area contributed by atoms with E-state index in [1.54, 1.807) is 29.0 Å². The maximum atomic E-state index is 13.3. The minimum absolute atomic E-state index is 0.00481. The molecule has 5 nitrogen and oxygen atoms in total. The lowest BCUT2D eigenvalue weighted by Gasteiger charge is -2.08. The van der Waals surface area contributed by atoms with Crippen LogP contribution in [0.4, 0.5) is 0 Å². The summed E-state index contributed by atoms with van der Waals surface area (Å²) in [5.74, 6) is -0.319. The summed E-state index contributed by atoms with van der Waals surface area (Å²) in [6.07, 6.45) is 1.56. The molecule has 1 heterocycles. The van der Waals surface area contributed by atoms with Gasteiger partial charge < -0.3 is 9.88 Å². The summed E-state index contributed by atoms with van der Waals surface area (Å²) < 4.78 is 28.3. The number of aromatic nitrogens is 1. The first-order chi connectivity index (χ1) is 15.3. The predicted octanol–water partition coefficient (Wildman–Crippen LogP) is 4.89. The largest absolute Gasteiger partial charge is 0.350 e. The average molecular weight is 467 g/mol. The van der Waals surface area contributed by atoms with Gasteiger partial charge in [-0.2, -0.15) is 0 Å². The van der Waals surface area contributed by atoms with Gasteiger partial charge in [-0.15, -0.1) is 0 Å². The molecule has 0 aliphatic heterocycles. The van der Waals surface area contributed by atoms with E-state index in [0.29, 0.717) is 22.5 Å². The first kappa shape index (κ1) is 22.1. The molecule has 1 N–H and O–H groups in total. The molecular weight excluding hydrogens is 444 g/mol. The molecule has 7 heteroatoms. The van der Waals surface area contributed by atoms with Crippen molar-refractivity contribution >= 4 is 38.2 Å². The van der Waals surface area contributed by atoms with E-state index in [1.165, 1.54) is 0 Å². The molecule has 164 valence electrons. The van der Waals surface area contributed by atoms with Crippen LogP contribution in [-0.4, -0.2) is 18.9 Å². The quantitative estimate of drug-likeness (QED) is 0.421. The van der Waals surface area contributed by atoms with Gasteiger partial charge in [0, 0.05) is 28.7 Å². The molecule has 0 bridgehead atoms. The fourth-order valence-electron chi connectivity index (χ4n) is 3.69. The van der Waals surface area contributed by atoms with Crippen molar-refractivity contribution in [2.24, 2.45) is 0 Å². The number of nitrogens with zero attached hydrogens (tertiary/aromatic N) is 1. The Morgan fingerprint density at radius 3 is 2.34 bits per heavy atom. The van der Waals surface area contributed by atoms with E-state index in [-0.39, 0.29) is 23.1 Å². The second kappa shape index (κ2) is 9.18. The lowest BCUT2D eigenvalue weighted by molar-refractivity contribution is -0.121. The number of rotatable bonds is 7. The van der Waals surface area contributed by atoms with E-state index < -0.39 is 9.84 Å². The second-order valence-corrected chi connectivity index (χ2v) is 10.1. The molecule has 0 atom stereocenters. The van der Waals surface area contributed by atoms with Gasteiger partial charge in [-0.1, -0.05) is 72.3 Å². The second-order valence-electron chi connectivity index (χ2n) is 7.69. The summed E-state index contributed by atoms with van der Waals surface area (Å²) in [5.41, 5.74) is 3.21. The highest BCUT2D eigenvalue weighted by molar-refractivity contribution is 7.90. The van der Waals surface area contributed by atoms with Gasteiger partial charge in [0.2, 0.25) is 5.91 Å². The minimum atomic E-state index is -3.61. The Morgan fingerprint density at radius 2 is 1.59 bits per heavy atom. The van der Waals surface area contributed by atoms with Crippen LogP contribution in [0.3, 0.4) is 0 Å². The Balaban J connectivity index is 1.59. The topological polar surface area (TPSA) is 68.2 Å². The van der Waals surface area contributed by atoms with Gasteiger partial charge in [-0.25, -0.2) is 8.42 Å². The van der Waals surface area contributed by atoms with Crippen molar-refractivity contribution in [3.8, 4) is 0 Å². The zero-order valence-corrected chi connectivity index (χ0v) is 19.2. The van der Waals surface area contributed by atoms with Crippen molar-refractivity contribution in [3.63, 3.8) is 0 Å². The van der Waals surface area contributed by atoms with Crippen molar-refractivity contribution in [1.29, 1.82) is 0 Å². The van der Waals surface area contributed by atoms with E-state index in [9.17, 15) is 13.2 Å². The maximum Gasteiger partial charge on any atom is 0.240 e.